The number of nitrogens with one attached hydrogen (secondary N) is 1. The molecule has 0 atom stereocenters. The molecule has 7 nitrogen and oxygen atoms in total. The second-order valence-corrected chi connectivity index (χ2v) is 4.08. The van der Waals surface area contributed by atoms with Crippen LogP contribution in [0.25, 0.3) is 0 Å². The SMILES string of the molecule is CCOc1nc(Cl)nc(NCc2nc(C)c(C)o2)n1. The van der Waals surface area contributed by atoms with E-state index < -0.39 is 0 Å². The van der Waals surface area contributed by atoms with Crippen LogP contribution in [-0.2, 0) is 6.54 Å². The predicted octanol–water partition coefficient (Wildman–Crippen LogP) is 2.14. The topological polar surface area (TPSA) is 86.0 Å². The number of nitrogens with zero attached hydrogens (tertiary/aromatic N) is 4. The van der Waals surface area contributed by atoms with Gasteiger partial charge in [-0.15, -0.1) is 0 Å². The highest BCUT2D eigenvalue weighted by Crippen LogP contribution is 2.13. The smallest absolute Gasteiger partial charge is 0.322 e. The molecule has 0 aromatic carbocycles. The molecule has 0 radical (unpaired) electrons. The molecule has 0 amide bonds. The van der Waals surface area contributed by atoms with Gasteiger partial charge >= 0.3 is 6.01 Å². The summed E-state index contributed by atoms with van der Waals surface area (Å²) in [6.45, 7) is 6.40. The normalized spacial score (nSPS) is 10.5. The molecule has 0 saturated carbocycles. The number of hydrogen-bond acceptors (Lipinski definition) is 7. The Morgan fingerprint density at radius 3 is 2.63 bits per heavy atom. The summed E-state index contributed by atoms with van der Waals surface area (Å²) in [5.41, 5.74) is 0.862. The first kappa shape index (κ1) is 13.5. The maximum Gasteiger partial charge on any atom is 0.322 e. The van der Waals surface area contributed by atoms with Crippen LogP contribution in [0.3, 0.4) is 0 Å². The molecule has 19 heavy (non-hydrogen) atoms. The molecule has 2 aromatic rings. The summed E-state index contributed by atoms with van der Waals surface area (Å²) in [5.74, 6) is 1.67. The van der Waals surface area contributed by atoms with E-state index in [1.165, 1.54) is 0 Å². The molecule has 0 fully saturated rings. The van der Waals surface area contributed by atoms with E-state index in [0.717, 1.165) is 11.5 Å². The molecule has 0 unspecified atom stereocenters. The van der Waals surface area contributed by atoms with Crippen molar-refractivity contribution >= 4 is 17.5 Å². The molecule has 0 aliphatic rings. The number of aromatic nitrogens is 4. The van der Waals surface area contributed by atoms with Crippen molar-refractivity contribution in [2.24, 2.45) is 0 Å². The van der Waals surface area contributed by atoms with E-state index in [4.69, 9.17) is 20.8 Å². The second kappa shape index (κ2) is 5.83. The van der Waals surface area contributed by atoms with Crippen molar-refractivity contribution in [2.75, 3.05) is 11.9 Å². The maximum atomic E-state index is 5.78. The fourth-order valence-electron chi connectivity index (χ4n) is 1.37. The van der Waals surface area contributed by atoms with Gasteiger partial charge < -0.3 is 14.5 Å². The molecule has 0 spiro atoms. The molecule has 0 aliphatic heterocycles. The quantitative estimate of drug-likeness (QED) is 0.899. The fourth-order valence-corrected chi connectivity index (χ4v) is 1.53. The van der Waals surface area contributed by atoms with Gasteiger partial charge in [0.2, 0.25) is 17.1 Å². The molecule has 2 aromatic heterocycles. The Morgan fingerprint density at radius 2 is 2.00 bits per heavy atom. The lowest BCUT2D eigenvalue weighted by molar-refractivity contribution is 0.312. The minimum atomic E-state index is 0.0701. The molecule has 1 N–H and O–H groups in total. The monoisotopic (exact) mass is 283 g/mol. The molecule has 2 rings (SSSR count). The summed E-state index contributed by atoms with van der Waals surface area (Å²) in [6, 6.07) is 0.185. The van der Waals surface area contributed by atoms with Crippen molar-refractivity contribution in [2.45, 2.75) is 27.3 Å². The van der Waals surface area contributed by atoms with Gasteiger partial charge in [-0.05, 0) is 32.4 Å². The zero-order chi connectivity index (χ0) is 13.8. The summed E-state index contributed by atoms with van der Waals surface area (Å²) in [7, 11) is 0. The van der Waals surface area contributed by atoms with E-state index >= 15 is 0 Å². The van der Waals surface area contributed by atoms with Crippen molar-refractivity contribution in [3.63, 3.8) is 0 Å². The van der Waals surface area contributed by atoms with Crippen LogP contribution in [0, 0.1) is 13.8 Å². The van der Waals surface area contributed by atoms with Crippen molar-refractivity contribution in [1.29, 1.82) is 0 Å². The highest BCUT2D eigenvalue weighted by Gasteiger charge is 2.08. The largest absolute Gasteiger partial charge is 0.464 e. The van der Waals surface area contributed by atoms with Gasteiger partial charge in [0.1, 0.15) is 5.76 Å². The molecule has 0 saturated heterocycles. The third-order valence-electron chi connectivity index (χ3n) is 2.33. The first-order valence-electron chi connectivity index (χ1n) is 5.79. The van der Waals surface area contributed by atoms with Crippen molar-refractivity contribution in [3.05, 3.63) is 22.6 Å². The number of hydrogen-bond donors (Lipinski definition) is 1. The highest BCUT2D eigenvalue weighted by atomic mass is 35.5. The number of anilines is 1. The molecule has 0 aliphatic carbocycles. The molecule has 8 heteroatoms. The van der Waals surface area contributed by atoms with E-state index in [1.54, 1.807) is 0 Å². The Labute approximate surface area is 115 Å². The average Bonchev–Trinajstić information content (AvgIpc) is 2.66. The average molecular weight is 284 g/mol. The Kier molecular flexibility index (Phi) is 4.16. The number of oxazole rings is 1. The summed E-state index contributed by atoms with van der Waals surface area (Å²) in [5, 5.41) is 3.03. The summed E-state index contributed by atoms with van der Waals surface area (Å²) < 4.78 is 10.6. The first-order chi connectivity index (χ1) is 9.08. The lowest BCUT2D eigenvalue weighted by atomic mass is 10.4. The van der Waals surface area contributed by atoms with Gasteiger partial charge in [0.15, 0.2) is 0 Å². The van der Waals surface area contributed by atoms with Gasteiger partial charge in [-0.3, -0.25) is 0 Å². The van der Waals surface area contributed by atoms with Crippen molar-refractivity contribution in [3.8, 4) is 6.01 Å². The van der Waals surface area contributed by atoms with Crippen molar-refractivity contribution in [1.82, 2.24) is 19.9 Å². The number of halogens is 1. The zero-order valence-corrected chi connectivity index (χ0v) is 11.7. The van der Waals surface area contributed by atoms with Crippen LogP contribution in [0.5, 0.6) is 6.01 Å². The molecule has 2 heterocycles. The molecule has 0 bridgehead atoms. The van der Waals surface area contributed by atoms with E-state index in [1.807, 2.05) is 20.8 Å². The lowest BCUT2D eigenvalue weighted by Crippen LogP contribution is -2.07. The Morgan fingerprint density at radius 1 is 1.21 bits per heavy atom. The van der Waals surface area contributed by atoms with Crippen LogP contribution in [0.2, 0.25) is 5.28 Å². The third kappa shape index (κ3) is 3.54. The van der Waals surface area contributed by atoms with Crippen LogP contribution in [-0.4, -0.2) is 26.5 Å². The van der Waals surface area contributed by atoms with Gasteiger partial charge in [-0.1, -0.05) is 0 Å². The van der Waals surface area contributed by atoms with Gasteiger partial charge in [0.05, 0.1) is 18.8 Å². The molecule has 102 valence electrons. The minimum Gasteiger partial charge on any atom is -0.464 e. The van der Waals surface area contributed by atoms with E-state index in [-0.39, 0.29) is 11.3 Å². The van der Waals surface area contributed by atoms with Crippen LogP contribution >= 0.6 is 11.6 Å². The number of rotatable bonds is 5. The van der Waals surface area contributed by atoms with Gasteiger partial charge in [0, 0.05) is 0 Å². The van der Waals surface area contributed by atoms with Crippen LogP contribution in [0.15, 0.2) is 4.42 Å². The first-order valence-corrected chi connectivity index (χ1v) is 6.17. The summed E-state index contributed by atoms with van der Waals surface area (Å²) in [4.78, 5) is 16.1. The van der Waals surface area contributed by atoms with E-state index in [2.05, 4.69) is 25.3 Å². The van der Waals surface area contributed by atoms with Crippen LogP contribution in [0.4, 0.5) is 5.95 Å². The van der Waals surface area contributed by atoms with Gasteiger partial charge in [-0.2, -0.15) is 15.0 Å². The van der Waals surface area contributed by atoms with Gasteiger partial charge in [0.25, 0.3) is 0 Å². The Balaban J connectivity index is 2.06. The van der Waals surface area contributed by atoms with Crippen LogP contribution in [0.1, 0.15) is 24.3 Å². The Bertz CT molecular complexity index is 553. The van der Waals surface area contributed by atoms with Gasteiger partial charge in [-0.25, -0.2) is 4.98 Å². The van der Waals surface area contributed by atoms with E-state index in [0.29, 0.717) is 25.0 Å². The number of aryl methyl sites for hydroxylation is 2. The standard InChI is InChI=1S/C11H14ClN5O2/c1-4-18-11-16-9(12)15-10(17-11)13-5-8-14-6(2)7(3)19-8/h4-5H2,1-3H3,(H,13,15,16,17). The Hall–Kier alpha value is -1.89. The second-order valence-electron chi connectivity index (χ2n) is 3.75. The number of ether oxygens (including phenoxy) is 1. The summed E-state index contributed by atoms with van der Waals surface area (Å²) >= 11 is 5.78. The van der Waals surface area contributed by atoms with Crippen molar-refractivity contribution < 1.29 is 9.15 Å². The zero-order valence-electron chi connectivity index (χ0n) is 10.9. The molecular formula is C11H14ClN5O2. The summed E-state index contributed by atoms with van der Waals surface area (Å²) in [6.07, 6.45) is 0. The minimum absolute atomic E-state index is 0.0701. The predicted molar refractivity (Wildman–Crippen MR) is 69.3 cm³/mol. The van der Waals surface area contributed by atoms with Crippen LogP contribution < -0.4 is 10.1 Å². The van der Waals surface area contributed by atoms with E-state index in [9.17, 15) is 0 Å². The lowest BCUT2D eigenvalue weighted by Gasteiger charge is -2.05. The maximum absolute atomic E-state index is 5.78. The molecular weight excluding hydrogens is 270 g/mol. The fraction of sp³-hybridized carbons (Fsp3) is 0.455. The third-order valence-corrected chi connectivity index (χ3v) is 2.50. The highest BCUT2D eigenvalue weighted by molar-refractivity contribution is 6.28.